The summed E-state index contributed by atoms with van der Waals surface area (Å²) in [5.41, 5.74) is 0.401. The lowest BCUT2D eigenvalue weighted by Crippen LogP contribution is -2.44. The molecule has 1 saturated heterocycles. The first kappa shape index (κ1) is 19.4. The van der Waals surface area contributed by atoms with Gasteiger partial charge in [-0.25, -0.2) is 4.79 Å². The van der Waals surface area contributed by atoms with E-state index in [1.54, 1.807) is 29.2 Å². The summed E-state index contributed by atoms with van der Waals surface area (Å²) in [5, 5.41) is 0. The van der Waals surface area contributed by atoms with Gasteiger partial charge in [-0.1, -0.05) is 12.1 Å². The molecule has 1 fully saturated rings. The van der Waals surface area contributed by atoms with Crippen LogP contribution in [0, 0.1) is 0 Å². The minimum Gasteiger partial charge on any atom is -0.444 e. The molecule has 2 aliphatic heterocycles. The molecule has 2 aliphatic rings. The van der Waals surface area contributed by atoms with Gasteiger partial charge in [-0.3, -0.25) is 14.5 Å². The normalized spacial score (nSPS) is 18.0. The number of nitrogens with zero attached hydrogens (tertiary/aromatic N) is 2. The summed E-state index contributed by atoms with van der Waals surface area (Å²) < 4.78 is 11.2. The van der Waals surface area contributed by atoms with Crippen LogP contribution in [0.25, 0.3) is 0 Å². The highest BCUT2D eigenvalue weighted by molar-refractivity contribution is 6.21. The number of hydrogen-bond donors (Lipinski definition) is 0. The van der Waals surface area contributed by atoms with Crippen molar-refractivity contribution in [3.63, 3.8) is 0 Å². The number of carbonyl (C=O) groups excluding carboxylic acids is 3. The second-order valence-corrected chi connectivity index (χ2v) is 7.85. The SMILES string of the molecule is CC(C)(C)OC(=O)N1CCC(OCCN2C(=O)c3ccccc3C2=O)CC1. The molecular weight excluding hydrogens is 348 g/mol. The molecule has 3 amide bonds. The van der Waals surface area contributed by atoms with Crippen LogP contribution in [0.1, 0.15) is 54.3 Å². The number of piperidine rings is 1. The van der Waals surface area contributed by atoms with E-state index in [0.29, 0.717) is 43.7 Å². The molecule has 0 saturated carbocycles. The fourth-order valence-electron chi connectivity index (χ4n) is 3.28. The van der Waals surface area contributed by atoms with Gasteiger partial charge in [0.1, 0.15) is 5.60 Å². The van der Waals surface area contributed by atoms with Crippen LogP contribution in [-0.4, -0.2) is 65.7 Å². The van der Waals surface area contributed by atoms with E-state index in [9.17, 15) is 14.4 Å². The van der Waals surface area contributed by atoms with Crippen LogP contribution in [0.4, 0.5) is 4.79 Å². The van der Waals surface area contributed by atoms with Gasteiger partial charge in [0.2, 0.25) is 0 Å². The second kappa shape index (κ2) is 7.68. The minimum absolute atomic E-state index is 0.0128. The molecule has 1 aromatic rings. The van der Waals surface area contributed by atoms with Crippen LogP contribution < -0.4 is 0 Å². The molecular formula is C20H26N2O5. The van der Waals surface area contributed by atoms with Gasteiger partial charge in [-0.15, -0.1) is 0 Å². The van der Waals surface area contributed by atoms with Gasteiger partial charge >= 0.3 is 6.09 Å². The summed E-state index contributed by atoms with van der Waals surface area (Å²) in [4.78, 5) is 39.6. The Morgan fingerprint density at radius 2 is 1.63 bits per heavy atom. The van der Waals surface area contributed by atoms with Gasteiger partial charge in [0.25, 0.3) is 11.8 Å². The third-order valence-corrected chi connectivity index (χ3v) is 4.64. The van der Waals surface area contributed by atoms with E-state index >= 15 is 0 Å². The highest BCUT2D eigenvalue weighted by atomic mass is 16.6. The summed E-state index contributed by atoms with van der Waals surface area (Å²) in [6, 6.07) is 6.84. The Kier molecular flexibility index (Phi) is 5.51. The first-order valence-electron chi connectivity index (χ1n) is 9.31. The van der Waals surface area contributed by atoms with E-state index in [1.165, 1.54) is 4.90 Å². The maximum Gasteiger partial charge on any atom is 0.410 e. The lowest BCUT2D eigenvalue weighted by molar-refractivity contribution is -0.0146. The number of amides is 3. The van der Waals surface area contributed by atoms with Gasteiger partial charge in [-0.2, -0.15) is 0 Å². The summed E-state index contributed by atoms with van der Waals surface area (Å²) in [6.45, 7) is 7.22. The van der Waals surface area contributed by atoms with Gasteiger partial charge < -0.3 is 14.4 Å². The van der Waals surface area contributed by atoms with E-state index in [2.05, 4.69) is 0 Å². The summed E-state index contributed by atoms with van der Waals surface area (Å²) in [6.07, 6.45) is 1.13. The number of rotatable bonds is 4. The monoisotopic (exact) mass is 374 g/mol. The molecule has 0 unspecified atom stereocenters. The van der Waals surface area contributed by atoms with E-state index in [0.717, 1.165) is 0 Å². The van der Waals surface area contributed by atoms with Crippen molar-refractivity contribution in [2.45, 2.75) is 45.3 Å². The second-order valence-electron chi connectivity index (χ2n) is 7.85. The number of likely N-dealkylation sites (tertiary alicyclic amines) is 1. The molecule has 1 aromatic carbocycles. The number of imide groups is 1. The van der Waals surface area contributed by atoms with Gasteiger partial charge in [0, 0.05) is 13.1 Å². The molecule has 146 valence electrons. The van der Waals surface area contributed by atoms with Crippen LogP contribution in [-0.2, 0) is 9.47 Å². The lowest BCUT2D eigenvalue weighted by Gasteiger charge is -2.33. The molecule has 0 aromatic heterocycles. The van der Waals surface area contributed by atoms with Gasteiger partial charge in [-0.05, 0) is 45.7 Å². The Bertz CT molecular complexity index is 697. The standard InChI is InChI=1S/C20H26N2O5/c1-20(2,3)27-19(25)21-10-8-14(9-11-21)26-13-12-22-17(23)15-6-4-5-7-16(15)18(22)24/h4-7,14H,8-13H2,1-3H3. The Labute approximate surface area is 159 Å². The molecule has 0 spiro atoms. The Balaban J connectivity index is 1.42. The molecule has 0 atom stereocenters. The van der Waals surface area contributed by atoms with Crippen LogP contribution in [0.3, 0.4) is 0 Å². The number of benzene rings is 1. The average Bonchev–Trinajstić information content (AvgIpc) is 2.86. The van der Waals surface area contributed by atoms with Gasteiger partial charge in [0.05, 0.1) is 30.4 Å². The molecule has 2 heterocycles. The largest absolute Gasteiger partial charge is 0.444 e. The number of carbonyl (C=O) groups is 3. The van der Waals surface area contributed by atoms with Crippen molar-refractivity contribution >= 4 is 17.9 Å². The zero-order valence-corrected chi connectivity index (χ0v) is 16.1. The van der Waals surface area contributed by atoms with E-state index in [1.807, 2.05) is 20.8 Å². The van der Waals surface area contributed by atoms with Crippen molar-refractivity contribution in [3.8, 4) is 0 Å². The number of ether oxygens (including phenoxy) is 2. The average molecular weight is 374 g/mol. The number of fused-ring (bicyclic) bond motifs is 1. The van der Waals surface area contributed by atoms with Crippen molar-refractivity contribution < 1.29 is 23.9 Å². The highest BCUT2D eigenvalue weighted by Gasteiger charge is 2.35. The lowest BCUT2D eigenvalue weighted by atomic mass is 10.1. The van der Waals surface area contributed by atoms with Crippen molar-refractivity contribution in [2.75, 3.05) is 26.2 Å². The molecule has 0 radical (unpaired) electrons. The Morgan fingerprint density at radius 1 is 1.07 bits per heavy atom. The fourth-order valence-corrected chi connectivity index (χ4v) is 3.28. The van der Waals surface area contributed by atoms with Crippen LogP contribution in [0.5, 0.6) is 0 Å². The number of hydrogen-bond acceptors (Lipinski definition) is 5. The van der Waals surface area contributed by atoms with Crippen molar-refractivity contribution in [1.82, 2.24) is 9.80 Å². The van der Waals surface area contributed by atoms with E-state index in [4.69, 9.17) is 9.47 Å². The third kappa shape index (κ3) is 4.47. The molecule has 0 aliphatic carbocycles. The molecule has 7 heteroatoms. The summed E-state index contributed by atoms with van der Waals surface area (Å²) in [5.74, 6) is -0.530. The summed E-state index contributed by atoms with van der Waals surface area (Å²) >= 11 is 0. The first-order chi connectivity index (χ1) is 12.8. The quantitative estimate of drug-likeness (QED) is 0.758. The minimum atomic E-state index is -0.503. The smallest absolute Gasteiger partial charge is 0.410 e. The topological polar surface area (TPSA) is 76.2 Å². The molecule has 7 nitrogen and oxygen atoms in total. The van der Waals surface area contributed by atoms with E-state index < -0.39 is 5.60 Å². The van der Waals surface area contributed by atoms with Crippen molar-refractivity contribution in [1.29, 1.82) is 0 Å². The Hall–Kier alpha value is -2.41. The highest BCUT2D eigenvalue weighted by Crippen LogP contribution is 2.22. The Morgan fingerprint density at radius 3 is 2.15 bits per heavy atom. The van der Waals surface area contributed by atoms with Gasteiger partial charge in [0.15, 0.2) is 0 Å². The van der Waals surface area contributed by atoms with E-state index in [-0.39, 0.29) is 30.6 Å². The molecule has 0 N–H and O–H groups in total. The maximum absolute atomic E-state index is 12.3. The van der Waals surface area contributed by atoms with Crippen LogP contribution >= 0.6 is 0 Å². The predicted molar refractivity (Wildman–Crippen MR) is 98.6 cm³/mol. The molecule has 0 bridgehead atoms. The fraction of sp³-hybridized carbons (Fsp3) is 0.550. The summed E-state index contributed by atoms with van der Waals surface area (Å²) in [7, 11) is 0. The molecule has 3 rings (SSSR count). The predicted octanol–water partition coefficient (Wildman–Crippen LogP) is 2.70. The first-order valence-corrected chi connectivity index (χ1v) is 9.31. The van der Waals surface area contributed by atoms with Crippen molar-refractivity contribution in [3.05, 3.63) is 35.4 Å². The zero-order valence-electron chi connectivity index (χ0n) is 16.1. The van der Waals surface area contributed by atoms with Crippen LogP contribution in [0.15, 0.2) is 24.3 Å². The third-order valence-electron chi connectivity index (χ3n) is 4.64. The molecule has 27 heavy (non-hydrogen) atoms. The zero-order chi connectivity index (χ0) is 19.6. The van der Waals surface area contributed by atoms with Crippen LogP contribution in [0.2, 0.25) is 0 Å². The maximum atomic E-state index is 12.3. The van der Waals surface area contributed by atoms with Crippen molar-refractivity contribution in [2.24, 2.45) is 0 Å².